The van der Waals surface area contributed by atoms with E-state index < -0.39 is 39.2 Å². The largest absolute Gasteiger partial charge is 0.418 e. The maximum atomic E-state index is 13.3. The maximum Gasteiger partial charge on any atom is 0.418 e. The number of amides is 1. The molecule has 1 amide bonds. The molecule has 0 aliphatic carbocycles. The van der Waals surface area contributed by atoms with Crippen LogP contribution in [-0.2, 0) is 17.5 Å². The zero-order valence-electron chi connectivity index (χ0n) is 17.2. The number of alkyl halides is 3. The molecule has 2 aromatic rings. The van der Waals surface area contributed by atoms with Crippen LogP contribution in [0.1, 0.15) is 37.7 Å². The SMILES string of the molecule is Cc1nc(S[C@@H](C)C(=O)Nc2ccc([N+](=O)[O-])cc2C(F)(F)F)n(CC(C)C)c1C. The van der Waals surface area contributed by atoms with Crippen LogP contribution in [0.4, 0.5) is 24.5 Å². The first-order valence-electron chi connectivity index (χ1n) is 9.18. The molecular weight excluding hydrogens is 421 g/mol. The van der Waals surface area contributed by atoms with Gasteiger partial charge in [0.05, 0.1) is 27.1 Å². The van der Waals surface area contributed by atoms with E-state index in [0.717, 1.165) is 35.3 Å². The maximum absolute atomic E-state index is 13.3. The number of nitrogens with one attached hydrogen (secondary N) is 1. The lowest BCUT2D eigenvalue weighted by atomic mass is 10.1. The molecule has 0 aliphatic heterocycles. The molecule has 0 saturated heterocycles. The minimum absolute atomic E-state index is 0.343. The van der Waals surface area contributed by atoms with Crippen LogP contribution >= 0.6 is 11.8 Å². The van der Waals surface area contributed by atoms with Crippen molar-refractivity contribution in [2.75, 3.05) is 5.32 Å². The minimum Gasteiger partial charge on any atom is -0.325 e. The van der Waals surface area contributed by atoms with Gasteiger partial charge in [0.15, 0.2) is 5.16 Å². The number of aromatic nitrogens is 2. The Morgan fingerprint density at radius 3 is 2.47 bits per heavy atom. The third-order valence-electron chi connectivity index (χ3n) is 4.40. The Hall–Kier alpha value is -2.56. The summed E-state index contributed by atoms with van der Waals surface area (Å²) in [5.74, 6) is -0.316. The topological polar surface area (TPSA) is 90.1 Å². The molecule has 0 bridgehead atoms. The van der Waals surface area contributed by atoms with Crippen molar-refractivity contribution in [3.05, 3.63) is 45.3 Å². The van der Waals surface area contributed by atoms with Crippen molar-refractivity contribution in [2.45, 2.75) is 57.7 Å². The third-order valence-corrected chi connectivity index (χ3v) is 5.49. The number of nitro groups is 1. The molecule has 0 spiro atoms. The van der Waals surface area contributed by atoms with Gasteiger partial charge >= 0.3 is 6.18 Å². The predicted octanol–water partition coefficient (Wildman–Crippen LogP) is 5.20. The molecule has 0 saturated carbocycles. The lowest BCUT2D eigenvalue weighted by molar-refractivity contribution is -0.385. The Bertz CT molecular complexity index is 957. The fourth-order valence-corrected chi connectivity index (χ4v) is 3.74. The van der Waals surface area contributed by atoms with E-state index in [0.29, 0.717) is 23.7 Å². The summed E-state index contributed by atoms with van der Waals surface area (Å²) in [6, 6.07) is 2.23. The van der Waals surface area contributed by atoms with Crippen LogP contribution in [0.3, 0.4) is 0 Å². The molecule has 0 aliphatic rings. The van der Waals surface area contributed by atoms with Gasteiger partial charge in [-0.3, -0.25) is 14.9 Å². The van der Waals surface area contributed by atoms with Crippen molar-refractivity contribution < 1.29 is 22.9 Å². The van der Waals surface area contributed by atoms with Crippen molar-refractivity contribution >= 4 is 29.0 Å². The molecule has 30 heavy (non-hydrogen) atoms. The molecule has 0 radical (unpaired) electrons. The van der Waals surface area contributed by atoms with E-state index in [2.05, 4.69) is 10.3 Å². The average Bonchev–Trinajstić information content (AvgIpc) is 2.87. The standard InChI is InChI=1S/C19H23F3N4O3S/c1-10(2)9-25-12(4)11(3)23-18(25)30-13(5)17(27)24-16-7-6-14(26(28)29)8-15(16)19(20,21)22/h6-8,10,13H,9H2,1-5H3,(H,24,27)/t13-/m0/s1. The lowest BCUT2D eigenvalue weighted by Gasteiger charge is -2.17. The van der Waals surface area contributed by atoms with Gasteiger partial charge in [-0.05, 0) is 32.8 Å². The van der Waals surface area contributed by atoms with E-state index in [1.807, 2.05) is 32.3 Å². The Kier molecular flexibility index (Phi) is 7.17. The van der Waals surface area contributed by atoms with Gasteiger partial charge < -0.3 is 9.88 Å². The number of rotatable bonds is 7. The second kappa shape index (κ2) is 9.07. The molecule has 164 valence electrons. The van der Waals surface area contributed by atoms with Crippen LogP contribution in [-0.4, -0.2) is 25.6 Å². The van der Waals surface area contributed by atoms with Gasteiger partial charge in [-0.25, -0.2) is 4.98 Å². The molecular formula is C19H23F3N4O3S. The fraction of sp³-hybridized carbons (Fsp3) is 0.474. The first-order valence-corrected chi connectivity index (χ1v) is 10.1. The number of imidazole rings is 1. The highest BCUT2D eigenvalue weighted by atomic mass is 32.2. The summed E-state index contributed by atoms with van der Waals surface area (Å²) in [5, 5.41) is 12.9. The zero-order chi connectivity index (χ0) is 22.8. The van der Waals surface area contributed by atoms with Crippen molar-refractivity contribution in [3.63, 3.8) is 0 Å². The number of hydrogen-bond donors (Lipinski definition) is 1. The van der Waals surface area contributed by atoms with Gasteiger partial charge in [-0.1, -0.05) is 25.6 Å². The molecule has 0 fully saturated rings. The van der Waals surface area contributed by atoms with Crippen molar-refractivity contribution in [3.8, 4) is 0 Å². The second-order valence-electron chi connectivity index (χ2n) is 7.30. The molecule has 1 atom stereocenters. The minimum atomic E-state index is -4.85. The molecule has 1 aromatic carbocycles. The second-order valence-corrected chi connectivity index (χ2v) is 8.61. The van der Waals surface area contributed by atoms with Gasteiger partial charge in [0.25, 0.3) is 5.69 Å². The fourth-order valence-electron chi connectivity index (χ4n) is 2.73. The Balaban J connectivity index is 2.25. The number of carbonyl (C=O) groups is 1. The summed E-state index contributed by atoms with van der Waals surface area (Å²) >= 11 is 1.15. The van der Waals surface area contributed by atoms with Crippen LogP contribution in [0.15, 0.2) is 23.4 Å². The molecule has 1 aromatic heterocycles. The van der Waals surface area contributed by atoms with Crippen LogP contribution < -0.4 is 5.32 Å². The monoisotopic (exact) mass is 444 g/mol. The molecule has 11 heteroatoms. The number of anilines is 1. The molecule has 7 nitrogen and oxygen atoms in total. The highest BCUT2D eigenvalue weighted by molar-refractivity contribution is 8.00. The van der Waals surface area contributed by atoms with Crippen LogP contribution in [0.25, 0.3) is 0 Å². The van der Waals surface area contributed by atoms with E-state index in [1.54, 1.807) is 6.92 Å². The number of nitro benzene ring substituents is 1. The van der Waals surface area contributed by atoms with Gasteiger partial charge in [0, 0.05) is 24.4 Å². The van der Waals surface area contributed by atoms with Gasteiger partial charge in [-0.15, -0.1) is 0 Å². The first kappa shape index (κ1) is 23.7. The summed E-state index contributed by atoms with van der Waals surface area (Å²) in [4.78, 5) is 26.9. The van der Waals surface area contributed by atoms with E-state index in [4.69, 9.17) is 0 Å². The average molecular weight is 444 g/mol. The molecule has 2 rings (SSSR count). The first-order chi connectivity index (χ1) is 13.8. The zero-order valence-corrected chi connectivity index (χ0v) is 18.0. The normalized spacial score (nSPS) is 12.8. The van der Waals surface area contributed by atoms with Gasteiger partial charge in [0.2, 0.25) is 5.91 Å². The quantitative estimate of drug-likeness (QED) is 0.360. The summed E-state index contributed by atoms with van der Waals surface area (Å²) < 4.78 is 41.9. The number of halogens is 3. The van der Waals surface area contributed by atoms with Crippen molar-refractivity contribution in [1.82, 2.24) is 9.55 Å². The predicted molar refractivity (Wildman–Crippen MR) is 109 cm³/mol. The van der Waals surface area contributed by atoms with E-state index in [9.17, 15) is 28.1 Å². The highest BCUT2D eigenvalue weighted by Gasteiger charge is 2.36. The van der Waals surface area contributed by atoms with Gasteiger partial charge in [-0.2, -0.15) is 13.2 Å². The number of hydrogen-bond acceptors (Lipinski definition) is 5. The lowest BCUT2D eigenvalue weighted by Crippen LogP contribution is -2.25. The summed E-state index contributed by atoms with van der Waals surface area (Å²) in [6.45, 7) is 10.1. The van der Waals surface area contributed by atoms with Crippen LogP contribution in [0.2, 0.25) is 0 Å². The number of carbonyl (C=O) groups excluding carboxylic acids is 1. The number of non-ortho nitro benzene ring substituents is 1. The number of aryl methyl sites for hydroxylation is 1. The molecule has 0 unspecified atom stereocenters. The summed E-state index contributed by atoms with van der Waals surface area (Å²) in [5.41, 5.74) is -0.711. The van der Waals surface area contributed by atoms with Crippen LogP contribution in [0, 0.1) is 29.9 Å². The molecule has 1 heterocycles. The summed E-state index contributed by atoms with van der Waals surface area (Å²) in [6.07, 6.45) is -4.85. The van der Waals surface area contributed by atoms with E-state index in [-0.39, 0.29) is 0 Å². The van der Waals surface area contributed by atoms with Gasteiger partial charge in [0.1, 0.15) is 0 Å². The summed E-state index contributed by atoms with van der Waals surface area (Å²) in [7, 11) is 0. The van der Waals surface area contributed by atoms with Crippen molar-refractivity contribution in [1.29, 1.82) is 0 Å². The number of benzene rings is 1. The highest BCUT2D eigenvalue weighted by Crippen LogP contribution is 2.37. The van der Waals surface area contributed by atoms with Crippen molar-refractivity contribution in [2.24, 2.45) is 5.92 Å². The smallest absolute Gasteiger partial charge is 0.325 e. The van der Waals surface area contributed by atoms with E-state index in [1.165, 1.54) is 0 Å². The Morgan fingerprint density at radius 1 is 1.30 bits per heavy atom. The van der Waals surface area contributed by atoms with Crippen LogP contribution in [0.5, 0.6) is 0 Å². The Labute approximate surface area is 176 Å². The van der Waals surface area contributed by atoms with E-state index >= 15 is 0 Å². The number of nitrogens with zero attached hydrogens (tertiary/aromatic N) is 3. The number of thioether (sulfide) groups is 1. The third kappa shape index (κ3) is 5.53. The molecule has 1 N–H and O–H groups in total. The Morgan fingerprint density at radius 2 is 1.93 bits per heavy atom.